The zero-order chi connectivity index (χ0) is 14.5. The molecule has 1 aromatic carbocycles. The molecule has 2 aromatic rings. The molecule has 106 valence electrons. The molecular weight excluding hydrogens is 276 g/mol. The van der Waals surface area contributed by atoms with E-state index in [1.165, 1.54) is 6.33 Å². The molecule has 2 N–H and O–H groups in total. The Kier molecular flexibility index (Phi) is 4.63. The van der Waals surface area contributed by atoms with E-state index in [1.807, 2.05) is 24.9 Å². The average molecular weight is 293 g/mol. The molecular formula is C14H17ClN4O. The van der Waals surface area contributed by atoms with Crippen LogP contribution in [0.2, 0.25) is 5.02 Å². The third-order valence-electron chi connectivity index (χ3n) is 2.79. The maximum Gasteiger partial charge on any atom is 0.218 e. The highest BCUT2D eigenvalue weighted by Gasteiger charge is 2.08. The molecule has 20 heavy (non-hydrogen) atoms. The highest BCUT2D eigenvalue weighted by atomic mass is 35.5. The fraction of sp³-hybridized carbons (Fsp3) is 0.286. The van der Waals surface area contributed by atoms with Crippen molar-refractivity contribution in [3.05, 3.63) is 41.2 Å². The monoisotopic (exact) mass is 292 g/mol. The van der Waals surface area contributed by atoms with Gasteiger partial charge in [-0.1, -0.05) is 11.6 Å². The van der Waals surface area contributed by atoms with Crippen LogP contribution in [0.5, 0.6) is 5.88 Å². The Morgan fingerprint density at radius 3 is 2.85 bits per heavy atom. The quantitative estimate of drug-likeness (QED) is 0.859. The molecule has 6 heteroatoms. The molecule has 0 aliphatic heterocycles. The van der Waals surface area contributed by atoms with E-state index in [2.05, 4.69) is 9.97 Å². The molecule has 0 radical (unpaired) electrons. The van der Waals surface area contributed by atoms with Crippen LogP contribution in [-0.2, 0) is 6.54 Å². The normalized spacial score (nSPS) is 10.3. The first-order valence-electron chi connectivity index (χ1n) is 6.30. The molecule has 0 saturated carbocycles. The summed E-state index contributed by atoms with van der Waals surface area (Å²) in [6.07, 6.45) is 1.48. The zero-order valence-electron chi connectivity index (χ0n) is 11.5. The van der Waals surface area contributed by atoms with Crippen LogP contribution in [0, 0.1) is 0 Å². The van der Waals surface area contributed by atoms with Crippen LogP contribution in [-0.4, -0.2) is 23.6 Å². The lowest BCUT2D eigenvalue weighted by molar-refractivity contribution is 0.326. The first kappa shape index (κ1) is 14.4. The summed E-state index contributed by atoms with van der Waals surface area (Å²) in [5, 5.41) is 0.685. The number of anilines is 2. The Hall–Kier alpha value is -2.01. The van der Waals surface area contributed by atoms with Crippen molar-refractivity contribution in [1.82, 2.24) is 9.97 Å². The van der Waals surface area contributed by atoms with Crippen LogP contribution in [0.1, 0.15) is 12.5 Å². The van der Waals surface area contributed by atoms with E-state index in [9.17, 15) is 0 Å². The van der Waals surface area contributed by atoms with Crippen LogP contribution in [0.15, 0.2) is 30.6 Å². The van der Waals surface area contributed by atoms with Crippen molar-refractivity contribution in [3.8, 4) is 5.88 Å². The molecule has 1 heterocycles. The van der Waals surface area contributed by atoms with E-state index in [1.54, 1.807) is 18.2 Å². The van der Waals surface area contributed by atoms with Gasteiger partial charge >= 0.3 is 0 Å². The Morgan fingerprint density at radius 1 is 1.30 bits per heavy atom. The van der Waals surface area contributed by atoms with Crippen molar-refractivity contribution < 1.29 is 4.74 Å². The summed E-state index contributed by atoms with van der Waals surface area (Å²) < 4.78 is 5.37. The SMILES string of the molecule is CCOc1cc(N(C)Cc2cc(N)ccc2Cl)ncn1. The highest BCUT2D eigenvalue weighted by Crippen LogP contribution is 2.23. The number of rotatable bonds is 5. The largest absolute Gasteiger partial charge is 0.478 e. The number of ether oxygens (including phenoxy) is 1. The van der Waals surface area contributed by atoms with Gasteiger partial charge in [0.25, 0.3) is 0 Å². The van der Waals surface area contributed by atoms with Gasteiger partial charge in [-0.15, -0.1) is 0 Å². The summed E-state index contributed by atoms with van der Waals surface area (Å²) >= 11 is 6.17. The number of aromatic nitrogens is 2. The lowest BCUT2D eigenvalue weighted by Gasteiger charge is -2.19. The summed E-state index contributed by atoms with van der Waals surface area (Å²) in [5.41, 5.74) is 7.42. The van der Waals surface area contributed by atoms with Gasteiger partial charge in [-0.2, -0.15) is 0 Å². The standard InChI is InChI=1S/C14H17ClN4O/c1-3-20-14-7-13(17-9-18-14)19(2)8-10-6-11(16)4-5-12(10)15/h4-7,9H,3,8,16H2,1-2H3. The van der Waals surface area contributed by atoms with Crippen LogP contribution < -0.4 is 15.4 Å². The topological polar surface area (TPSA) is 64.3 Å². The summed E-state index contributed by atoms with van der Waals surface area (Å²) in [6.45, 7) is 3.09. The van der Waals surface area contributed by atoms with Crippen molar-refractivity contribution >= 4 is 23.1 Å². The zero-order valence-corrected chi connectivity index (χ0v) is 12.3. The van der Waals surface area contributed by atoms with E-state index in [4.69, 9.17) is 22.1 Å². The van der Waals surface area contributed by atoms with E-state index in [-0.39, 0.29) is 0 Å². The Balaban J connectivity index is 2.17. The Bertz CT molecular complexity index is 591. The molecule has 0 bridgehead atoms. The molecule has 0 saturated heterocycles. The molecule has 2 rings (SSSR count). The molecule has 1 aromatic heterocycles. The van der Waals surface area contributed by atoms with E-state index >= 15 is 0 Å². The lowest BCUT2D eigenvalue weighted by atomic mass is 10.2. The summed E-state index contributed by atoms with van der Waals surface area (Å²) in [5.74, 6) is 1.32. The Labute approximate surface area is 123 Å². The maximum atomic E-state index is 6.17. The first-order valence-corrected chi connectivity index (χ1v) is 6.68. The number of halogens is 1. The van der Waals surface area contributed by atoms with Crippen LogP contribution in [0.3, 0.4) is 0 Å². The smallest absolute Gasteiger partial charge is 0.218 e. The van der Waals surface area contributed by atoms with Crippen molar-refractivity contribution in [2.45, 2.75) is 13.5 Å². The number of nitrogens with two attached hydrogens (primary N) is 1. The van der Waals surface area contributed by atoms with Crippen molar-refractivity contribution in [2.75, 3.05) is 24.3 Å². The van der Waals surface area contributed by atoms with Gasteiger partial charge in [-0.3, -0.25) is 0 Å². The molecule has 5 nitrogen and oxygen atoms in total. The molecule has 0 aliphatic carbocycles. The number of hydrogen-bond donors (Lipinski definition) is 1. The summed E-state index contributed by atoms with van der Waals surface area (Å²) in [6, 6.07) is 7.24. The van der Waals surface area contributed by atoms with Gasteiger partial charge in [-0.05, 0) is 30.7 Å². The van der Waals surface area contributed by atoms with Gasteiger partial charge in [0, 0.05) is 30.4 Å². The van der Waals surface area contributed by atoms with Gasteiger partial charge in [0.1, 0.15) is 12.1 Å². The van der Waals surface area contributed by atoms with Gasteiger partial charge < -0.3 is 15.4 Å². The predicted molar refractivity (Wildman–Crippen MR) is 81.2 cm³/mol. The number of hydrogen-bond acceptors (Lipinski definition) is 5. The summed E-state index contributed by atoms with van der Waals surface area (Å²) in [7, 11) is 1.93. The van der Waals surface area contributed by atoms with E-state index < -0.39 is 0 Å². The highest BCUT2D eigenvalue weighted by molar-refractivity contribution is 6.31. The first-order chi connectivity index (χ1) is 9.60. The minimum absolute atomic E-state index is 0.558. The van der Waals surface area contributed by atoms with Crippen molar-refractivity contribution in [3.63, 3.8) is 0 Å². The van der Waals surface area contributed by atoms with E-state index in [0.717, 1.165) is 11.4 Å². The minimum Gasteiger partial charge on any atom is -0.478 e. The minimum atomic E-state index is 0.558. The van der Waals surface area contributed by atoms with Crippen molar-refractivity contribution in [2.24, 2.45) is 0 Å². The average Bonchev–Trinajstić information content (AvgIpc) is 2.43. The molecule has 0 aliphatic rings. The summed E-state index contributed by atoms with van der Waals surface area (Å²) in [4.78, 5) is 10.2. The predicted octanol–water partition coefficient (Wildman–Crippen LogP) is 2.75. The van der Waals surface area contributed by atoms with Crippen LogP contribution in [0.25, 0.3) is 0 Å². The third-order valence-corrected chi connectivity index (χ3v) is 3.16. The molecule has 0 amide bonds. The number of nitrogen functional groups attached to an aromatic ring is 1. The molecule has 0 spiro atoms. The number of benzene rings is 1. The second-order valence-electron chi connectivity index (χ2n) is 4.35. The molecule has 0 unspecified atom stereocenters. The molecule has 0 fully saturated rings. The van der Waals surface area contributed by atoms with Crippen molar-refractivity contribution in [1.29, 1.82) is 0 Å². The fourth-order valence-corrected chi connectivity index (χ4v) is 2.00. The van der Waals surface area contributed by atoms with Gasteiger partial charge in [0.05, 0.1) is 6.61 Å². The Morgan fingerprint density at radius 2 is 2.10 bits per heavy atom. The molecule has 0 atom stereocenters. The van der Waals surface area contributed by atoms with Gasteiger partial charge in [0.15, 0.2) is 0 Å². The third kappa shape index (κ3) is 3.51. The van der Waals surface area contributed by atoms with Crippen LogP contribution >= 0.6 is 11.6 Å². The second kappa shape index (κ2) is 6.43. The van der Waals surface area contributed by atoms with E-state index in [0.29, 0.717) is 29.7 Å². The lowest BCUT2D eigenvalue weighted by Crippen LogP contribution is -2.18. The maximum absolute atomic E-state index is 6.17. The van der Waals surface area contributed by atoms with Gasteiger partial charge in [-0.25, -0.2) is 9.97 Å². The second-order valence-corrected chi connectivity index (χ2v) is 4.76. The fourth-order valence-electron chi connectivity index (χ4n) is 1.82. The number of nitrogens with zero attached hydrogens (tertiary/aromatic N) is 3. The van der Waals surface area contributed by atoms with Crippen LogP contribution in [0.4, 0.5) is 11.5 Å². The van der Waals surface area contributed by atoms with Gasteiger partial charge in [0.2, 0.25) is 5.88 Å².